The molecule has 0 N–H and O–H groups in total. The Hall–Kier alpha value is -0.190. The van der Waals surface area contributed by atoms with Gasteiger partial charge in [0.05, 0.1) is 11.5 Å². The van der Waals surface area contributed by atoms with Crippen LogP contribution >= 0.6 is 27.3 Å². The van der Waals surface area contributed by atoms with Crippen molar-refractivity contribution >= 4 is 33.0 Å². The van der Waals surface area contributed by atoms with Crippen molar-refractivity contribution in [2.24, 2.45) is 5.92 Å². The van der Waals surface area contributed by atoms with Crippen molar-refractivity contribution in [3.63, 3.8) is 0 Å². The molecule has 70 valence electrons. The number of thiophene rings is 1. The fourth-order valence-corrected chi connectivity index (χ4v) is 2.98. The number of hydrogen-bond acceptors (Lipinski definition) is 3. The molecule has 0 radical (unpaired) electrons. The standard InChI is InChI=1S/C9H9BrO2S/c10-7-2-4-13-9(7)8(11)6-1-3-12-5-6/h2,4,6H,1,3,5H2. The number of carbonyl (C=O) groups excluding carboxylic acids is 1. The van der Waals surface area contributed by atoms with Crippen molar-refractivity contribution in [2.75, 3.05) is 13.2 Å². The second kappa shape index (κ2) is 3.90. The number of ketones is 1. The van der Waals surface area contributed by atoms with Crippen molar-refractivity contribution in [1.29, 1.82) is 0 Å². The molecule has 1 fully saturated rings. The van der Waals surface area contributed by atoms with Crippen molar-refractivity contribution in [2.45, 2.75) is 6.42 Å². The Morgan fingerprint density at radius 3 is 3.08 bits per heavy atom. The first kappa shape index (κ1) is 9.37. The van der Waals surface area contributed by atoms with E-state index < -0.39 is 0 Å². The number of carbonyl (C=O) groups is 1. The molecule has 0 aliphatic carbocycles. The van der Waals surface area contributed by atoms with E-state index in [1.54, 1.807) is 0 Å². The molecule has 1 aliphatic heterocycles. The lowest BCUT2D eigenvalue weighted by molar-refractivity contribution is 0.0904. The molecule has 2 heterocycles. The zero-order valence-electron chi connectivity index (χ0n) is 6.96. The first-order valence-electron chi connectivity index (χ1n) is 4.14. The van der Waals surface area contributed by atoms with Gasteiger partial charge >= 0.3 is 0 Å². The molecule has 1 atom stereocenters. The van der Waals surface area contributed by atoms with E-state index in [9.17, 15) is 4.79 Å². The maximum Gasteiger partial charge on any atom is 0.179 e. The monoisotopic (exact) mass is 260 g/mol. The Kier molecular flexibility index (Phi) is 2.81. The Morgan fingerprint density at radius 1 is 1.69 bits per heavy atom. The molecule has 1 aromatic heterocycles. The average molecular weight is 261 g/mol. The molecule has 0 saturated carbocycles. The van der Waals surface area contributed by atoms with Gasteiger partial charge in [-0.2, -0.15) is 0 Å². The molecule has 2 rings (SSSR count). The van der Waals surface area contributed by atoms with Gasteiger partial charge in [-0.05, 0) is 33.8 Å². The van der Waals surface area contributed by atoms with Crippen LogP contribution in [0.2, 0.25) is 0 Å². The summed E-state index contributed by atoms with van der Waals surface area (Å²) in [5.41, 5.74) is 0. The van der Waals surface area contributed by atoms with Gasteiger partial charge in [-0.3, -0.25) is 4.79 Å². The molecule has 1 aromatic rings. The molecular weight excluding hydrogens is 252 g/mol. The zero-order chi connectivity index (χ0) is 9.26. The number of hydrogen-bond donors (Lipinski definition) is 0. The van der Waals surface area contributed by atoms with Crippen LogP contribution in [-0.4, -0.2) is 19.0 Å². The van der Waals surface area contributed by atoms with E-state index in [1.807, 2.05) is 11.4 Å². The molecule has 0 aromatic carbocycles. The summed E-state index contributed by atoms with van der Waals surface area (Å²) < 4.78 is 6.10. The maximum absolute atomic E-state index is 11.8. The molecular formula is C9H9BrO2S. The van der Waals surface area contributed by atoms with Crippen molar-refractivity contribution < 1.29 is 9.53 Å². The Morgan fingerprint density at radius 2 is 2.54 bits per heavy atom. The summed E-state index contributed by atoms with van der Waals surface area (Å²) in [6.07, 6.45) is 0.864. The van der Waals surface area contributed by atoms with E-state index >= 15 is 0 Å². The van der Waals surface area contributed by atoms with Crippen LogP contribution in [0.4, 0.5) is 0 Å². The van der Waals surface area contributed by atoms with Crippen LogP contribution in [0.3, 0.4) is 0 Å². The normalized spacial score (nSPS) is 22.1. The minimum Gasteiger partial charge on any atom is -0.381 e. The molecule has 13 heavy (non-hydrogen) atoms. The average Bonchev–Trinajstić information content (AvgIpc) is 2.72. The highest BCUT2D eigenvalue weighted by atomic mass is 79.9. The predicted octanol–water partition coefficient (Wildman–Crippen LogP) is 2.73. The fraction of sp³-hybridized carbons (Fsp3) is 0.444. The van der Waals surface area contributed by atoms with Gasteiger partial charge in [0.2, 0.25) is 0 Å². The number of rotatable bonds is 2. The topological polar surface area (TPSA) is 26.3 Å². The van der Waals surface area contributed by atoms with Gasteiger partial charge < -0.3 is 4.74 Å². The van der Waals surface area contributed by atoms with Gasteiger partial charge in [-0.15, -0.1) is 11.3 Å². The summed E-state index contributed by atoms with van der Waals surface area (Å²) in [5, 5.41) is 1.92. The van der Waals surface area contributed by atoms with E-state index in [0.29, 0.717) is 6.61 Å². The molecule has 0 spiro atoms. The van der Waals surface area contributed by atoms with E-state index in [4.69, 9.17) is 4.74 Å². The van der Waals surface area contributed by atoms with Crippen molar-refractivity contribution in [3.8, 4) is 0 Å². The predicted molar refractivity (Wildman–Crippen MR) is 55.3 cm³/mol. The quantitative estimate of drug-likeness (QED) is 0.765. The lowest BCUT2D eigenvalue weighted by Crippen LogP contribution is -2.13. The Bertz CT molecular complexity index is 315. The summed E-state index contributed by atoms with van der Waals surface area (Å²) in [6.45, 7) is 1.31. The number of Topliss-reactive ketones (excluding diaryl/α,β-unsaturated/α-hetero) is 1. The third kappa shape index (κ3) is 1.85. The molecule has 1 saturated heterocycles. The Balaban J connectivity index is 2.17. The largest absolute Gasteiger partial charge is 0.381 e. The number of halogens is 1. The molecule has 4 heteroatoms. The molecule has 2 nitrogen and oxygen atoms in total. The van der Waals surface area contributed by atoms with Crippen LogP contribution < -0.4 is 0 Å². The second-order valence-electron chi connectivity index (χ2n) is 3.02. The van der Waals surface area contributed by atoms with Crippen LogP contribution in [0, 0.1) is 5.92 Å². The third-order valence-corrected chi connectivity index (χ3v) is 3.99. The van der Waals surface area contributed by atoms with Crippen LogP contribution in [0.5, 0.6) is 0 Å². The first-order chi connectivity index (χ1) is 6.29. The highest BCUT2D eigenvalue weighted by Gasteiger charge is 2.26. The minimum absolute atomic E-state index is 0.0787. The third-order valence-electron chi connectivity index (χ3n) is 2.14. The SMILES string of the molecule is O=C(c1sccc1Br)C1CCOC1. The summed E-state index contributed by atoms with van der Waals surface area (Å²) >= 11 is 4.86. The molecule has 1 unspecified atom stereocenters. The summed E-state index contributed by atoms with van der Waals surface area (Å²) in [5.74, 6) is 0.300. The maximum atomic E-state index is 11.8. The molecule has 1 aliphatic rings. The fourth-order valence-electron chi connectivity index (χ4n) is 1.40. The summed E-state index contributed by atoms with van der Waals surface area (Å²) in [7, 11) is 0. The van der Waals surface area contributed by atoms with Gasteiger partial charge in [-0.25, -0.2) is 0 Å². The summed E-state index contributed by atoms with van der Waals surface area (Å²) in [6, 6.07) is 1.91. The molecule has 0 amide bonds. The molecule has 0 bridgehead atoms. The van der Waals surface area contributed by atoms with E-state index in [1.165, 1.54) is 11.3 Å². The van der Waals surface area contributed by atoms with Crippen LogP contribution in [-0.2, 0) is 4.74 Å². The van der Waals surface area contributed by atoms with Crippen LogP contribution in [0.1, 0.15) is 16.1 Å². The Labute approximate surface area is 89.0 Å². The number of ether oxygens (including phenoxy) is 1. The smallest absolute Gasteiger partial charge is 0.179 e. The van der Waals surface area contributed by atoms with Gasteiger partial charge in [-0.1, -0.05) is 0 Å². The van der Waals surface area contributed by atoms with Gasteiger partial charge in [0, 0.05) is 17.0 Å². The first-order valence-corrected chi connectivity index (χ1v) is 5.81. The van der Waals surface area contributed by atoms with Crippen molar-refractivity contribution in [3.05, 3.63) is 20.8 Å². The van der Waals surface area contributed by atoms with E-state index in [2.05, 4.69) is 15.9 Å². The lowest BCUT2D eigenvalue weighted by Gasteiger charge is -2.03. The van der Waals surface area contributed by atoms with E-state index in [-0.39, 0.29) is 11.7 Å². The van der Waals surface area contributed by atoms with Crippen LogP contribution in [0.25, 0.3) is 0 Å². The van der Waals surface area contributed by atoms with Crippen molar-refractivity contribution in [1.82, 2.24) is 0 Å². The highest BCUT2D eigenvalue weighted by molar-refractivity contribution is 9.10. The van der Waals surface area contributed by atoms with Gasteiger partial charge in [0.1, 0.15) is 0 Å². The van der Waals surface area contributed by atoms with E-state index in [0.717, 1.165) is 22.4 Å². The van der Waals surface area contributed by atoms with Gasteiger partial charge in [0.15, 0.2) is 5.78 Å². The zero-order valence-corrected chi connectivity index (χ0v) is 9.36. The van der Waals surface area contributed by atoms with Crippen LogP contribution in [0.15, 0.2) is 15.9 Å². The highest BCUT2D eigenvalue weighted by Crippen LogP contribution is 2.28. The lowest BCUT2D eigenvalue weighted by atomic mass is 10.0. The second-order valence-corrected chi connectivity index (χ2v) is 4.79. The van der Waals surface area contributed by atoms with Gasteiger partial charge in [0.25, 0.3) is 0 Å². The summed E-state index contributed by atoms with van der Waals surface area (Å²) in [4.78, 5) is 12.7. The minimum atomic E-state index is 0.0787.